The van der Waals surface area contributed by atoms with Gasteiger partial charge in [-0.05, 0) is 62.4 Å². The van der Waals surface area contributed by atoms with Crippen LogP contribution in [0.25, 0.3) is 10.2 Å². The van der Waals surface area contributed by atoms with Gasteiger partial charge >= 0.3 is 0 Å². The van der Waals surface area contributed by atoms with Gasteiger partial charge in [0.25, 0.3) is 5.91 Å². The molecular weight excluding hydrogens is 449 g/mol. The highest BCUT2D eigenvalue weighted by Crippen LogP contribution is 2.31. The maximum Gasteiger partial charge on any atom is 0.260 e. The Morgan fingerprint density at radius 3 is 2.62 bits per heavy atom. The molecule has 0 aliphatic rings. The molecule has 0 radical (unpaired) electrons. The van der Waals surface area contributed by atoms with Crippen molar-refractivity contribution in [2.45, 2.75) is 30.5 Å². The van der Waals surface area contributed by atoms with E-state index in [1.807, 2.05) is 6.07 Å². The molecule has 6 nitrogen and oxygen atoms in total. The van der Waals surface area contributed by atoms with Gasteiger partial charge in [-0.3, -0.25) is 14.7 Å². The lowest BCUT2D eigenvalue weighted by molar-refractivity contribution is 0.0984. The largest absolute Gasteiger partial charge is 0.278 e. The minimum absolute atomic E-state index is 0.0857. The molecule has 0 aliphatic carbocycles. The maximum absolute atomic E-state index is 13.7. The number of carbonyl (C=O) groups is 1. The molecule has 0 saturated heterocycles. The summed E-state index contributed by atoms with van der Waals surface area (Å²) in [7, 11) is -3.55. The van der Waals surface area contributed by atoms with Crippen LogP contribution in [0.2, 0.25) is 0 Å². The van der Waals surface area contributed by atoms with Gasteiger partial charge in [0.2, 0.25) is 0 Å². The molecule has 0 N–H and O–H groups in total. The van der Waals surface area contributed by atoms with E-state index >= 15 is 0 Å². The Bertz CT molecular complexity index is 1390. The summed E-state index contributed by atoms with van der Waals surface area (Å²) in [6.45, 7) is 3.32. The summed E-state index contributed by atoms with van der Waals surface area (Å²) in [4.78, 5) is 23.9. The molecule has 2 aromatic heterocycles. The molecule has 0 unspecified atom stereocenters. The summed E-state index contributed by atoms with van der Waals surface area (Å²) >= 11 is 1.18. The number of benzene rings is 2. The number of hydrogen-bond acceptors (Lipinski definition) is 6. The van der Waals surface area contributed by atoms with Gasteiger partial charge in [0.05, 0.1) is 32.6 Å². The fourth-order valence-electron chi connectivity index (χ4n) is 3.12. The second-order valence-corrected chi connectivity index (χ2v) is 11.0. The maximum atomic E-state index is 13.7. The first kappa shape index (κ1) is 22.0. The Morgan fingerprint density at radius 1 is 1.09 bits per heavy atom. The molecule has 0 saturated carbocycles. The number of anilines is 1. The van der Waals surface area contributed by atoms with Gasteiger partial charge in [-0.15, -0.1) is 0 Å². The third kappa shape index (κ3) is 4.39. The molecule has 2 aromatic carbocycles. The monoisotopic (exact) mass is 469 g/mol. The van der Waals surface area contributed by atoms with Gasteiger partial charge in [0.1, 0.15) is 5.82 Å². The smallest absolute Gasteiger partial charge is 0.260 e. The molecule has 0 aliphatic heterocycles. The zero-order chi connectivity index (χ0) is 22.9. The van der Waals surface area contributed by atoms with Crippen LogP contribution in [0.5, 0.6) is 0 Å². The van der Waals surface area contributed by atoms with Gasteiger partial charge in [0.15, 0.2) is 15.0 Å². The van der Waals surface area contributed by atoms with E-state index in [0.29, 0.717) is 21.0 Å². The normalized spacial score (nSPS) is 11.8. The standard InChI is InChI=1S/C23H20FN3O3S2/c1-15(2)32(29,30)19-8-5-6-16(12-19)22(28)27(14-18-7-3-4-11-25-18)23-26-20-10-9-17(24)13-21(20)31-23/h3-13,15H,14H2,1-2H3. The lowest BCUT2D eigenvalue weighted by Gasteiger charge is -2.20. The number of halogens is 1. The predicted octanol–water partition coefficient (Wildman–Crippen LogP) is 4.86. The lowest BCUT2D eigenvalue weighted by Crippen LogP contribution is -2.31. The van der Waals surface area contributed by atoms with E-state index in [1.54, 1.807) is 50.4 Å². The van der Waals surface area contributed by atoms with Gasteiger partial charge in [-0.1, -0.05) is 23.5 Å². The van der Waals surface area contributed by atoms with E-state index < -0.39 is 21.0 Å². The lowest BCUT2D eigenvalue weighted by atomic mass is 10.2. The van der Waals surface area contributed by atoms with E-state index in [4.69, 9.17) is 0 Å². The van der Waals surface area contributed by atoms with Crippen LogP contribution < -0.4 is 4.90 Å². The number of sulfone groups is 1. The number of thiazole rings is 1. The van der Waals surface area contributed by atoms with Gasteiger partial charge < -0.3 is 0 Å². The molecule has 4 rings (SSSR count). The van der Waals surface area contributed by atoms with Crippen molar-refractivity contribution in [1.82, 2.24) is 9.97 Å². The Hall–Kier alpha value is -3.17. The second kappa shape index (κ2) is 8.76. The number of aromatic nitrogens is 2. The summed E-state index contributed by atoms with van der Waals surface area (Å²) in [5, 5.41) is -0.241. The second-order valence-electron chi connectivity index (χ2n) is 7.44. The zero-order valence-electron chi connectivity index (χ0n) is 17.4. The third-order valence-electron chi connectivity index (χ3n) is 4.89. The minimum atomic E-state index is -3.55. The minimum Gasteiger partial charge on any atom is -0.278 e. The molecule has 0 bridgehead atoms. The summed E-state index contributed by atoms with van der Waals surface area (Å²) in [6, 6.07) is 15.6. The predicted molar refractivity (Wildman–Crippen MR) is 123 cm³/mol. The third-order valence-corrected chi connectivity index (χ3v) is 8.08. The first-order valence-electron chi connectivity index (χ1n) is 9.87. The van der Waals surface area contributed by atoms with Gasteiger partial charge in [0, 0.05) is 11.8 Å². The number of hydrogen-bond donors (Lipinski definition) is 0. The molecule has 2 heterocycles. The van der Waals surface area contributed by atoms with Crippen LogP contribution >= 0.6 is 11.3 Å². The van der Waals surface area contributed by atoms with Gasteiger partial charge in [-0.2, -0.15) is 0 Å². The van der Waals surface area contributed by atoms with Crippen molar-refractivity contribution in [3.63, 3.8) is 0 Å². The zero-order valence-corrected chi connectivity index (χ0v) is 19.0. The van der Waals surface area contributed by atoms with Crippen LogP contribution in [0.15, 0.2) is 71.8 Å². The highest BCUT2D eigenvalue weighted by molar-refractivity contribution is 7.92. The fourth-order valence-corrected chi connectivity index (χ4v) is 5.21. The molecule has 4 aromatic rings. The molecule has 0 atom stereocenters. The van der Waals surface area contributed by atoms with Crippen molar-refractivity contribution >= 4 is 42.4 Å². The van der Waals surface area contributed by atoms with Crippen molar-refractivity contribution < 1.29 is 17.6 Å². The number of pyridine rings is 1. The van der Waals surface area contributed by atoms with Crippen LogP contribution in [0, 0.1) is 5.82 Å². The van der Waals surface area contributed by atoms with Crippen molar-refractivity contribution in [1.29, 1.82) is 0 Å². The average molecular weight is 470 g/mol. The summed E-state index contributed by atoms with van der Waals surface area (Å²) in [5.74, 6) is -0.808. The Kier molecular flexibility index (Phi) is 6.03. The highest BCUT2D eigenvalue weighted by Gasteiger charge is 2.25. The van der Waals surface area contributed by atoms with Crippen LogP contribution in [-0.4, -0.2) is 29.5 Å². The Labute approximate surface area is 189 Å². The van der Waals surface area contributed by atoms with E-state index in [9.17, 15) is 17.6 Å². The van der Waals surface area contributed by atoms with Crippen molar-refractivity contribution in [3.8, 4) is 0 Å². The Morgan fingerprint density at radius 2 is 1.91 bits per heavy atom. The molecule has 0 fully saturated rings. The molecule has 1 amide bonds. The summed E-state index contributed by atoms with van der Waals surface area (Å²) < 4.78 is 39.5. The number of amides is 1. The SMILES string of the molecule is CC(C)S(=O)(=O)c1cccc(C(=O)N(Cc2ccccn2)c2nc3ccc(F)cc3s2)c1. The summed E-state index contributed by atoms with van der Waals surface area (Å²) in [6.07, 6.45) is 1.63. The van der Waals surface area contributed by atoms with Crippen molar-refractivity contribution in [2.75, 3.05) is 4.90 Å². The van der Waals surface area contributed by atoms with E-state index in [2.05, 4.69) is 9.97 Å². The van der Waals surface area contributed by atoms with Crippen LogP contribution in [-0.2, 0) is 16.4 Å². The van der Waals surface area contributed by atoms with E-state index in [1.165, 1.54) is 40.5 Å². The van der Waals surface area contributed by atoms with Crippen LogP contribution in [0.3, 0.4) is 0 Å². The molecular formula is C23H20FN3O3S2. The number of fused-ring (bicyclic) bond motifs is 1. The number of carbonyl (C=O) groups excluding carboxylic acids is 1. The van der Waals surface area contributed by atoms with Crippen LogP contribution in [0.1, 0.15) is 29.9 Å². The summed E-state index contributed by atoms with van der Waals surface area (Å²) in [5.41, 5.74) is 1.42. The van der Waals surface area contributed by atoms with Crippen molar-refractivity contribution in [2.24, 2.45) is 0 Å². The van der Waals surface area contributed by atoms with E-state index in [-0.39, 0.29) is 22.8 Å². The molecule has 9 heteroatoms. The fraction of sp³-hybridized carbons (Fsp3) is 0.174. The van der Waals surface area contributed by atoms with E-state index in [0.717, 1.165) is 0 Å². The molecule has 32 heavy (non-hydrogen) atoms. The first-order chi connectivity index (χ1) is 15.3. The molecule has 164 valence electrons. The first-order valence-corrected chi connectivity index (χ1v) is 12.2. The Balaban J connectivity index is 1.78. The topological polar surface area (TPSA) is 80.2 Å². The van der Waals surface area contributed by atoms with Gasteiger partial charge in [-0.25, -0.2) is 17.8 Å². The highest BCUT2D eigenvalue weighted by atomic mass is 32.2. The van der Waals surface area contributed by atoms with Crippen LogP contribution in [0.4, 0.5) is 9.52 Å². The van der Waals surface area contributed by atoms with Crippen molar-refractivity contribution in [3.05, 3.63) is 83.9 Å². The average Bonchev–Trinajstić information content (AvgIpc) is 3.20. The number of rotatable bonds is 6. The number of nitrogens with zero attached hydrogens (tertiary/aromatic N) is 3. The molecule has 0 spiro atoms. The quantitative estimate of drug-likeness (QED) is 0.403.